The van der Waals surface area contributed by atoms with Crippen LogP contribution in [0.2, 0.25) is 0 Å². The minimum Gasteiger partial charge on any atom is -0.304 e. The van der Waals surface area contributed by atoms with Gasteiger partial charge in [0, 0.05) is 5.69 Å². The second kappa shape index (κ2) is 7.51. The Bertz CT molecular complexity index is 1350. The van der Waals surface area contributed by atoms with Gasteiger partial charge < -0.3 is 5.32 Å². The second-order valence-electron chi connectivity index (χ2n) is 6.40. The number of benzene rings is 1. The first-order valence-corrected chi connectivity index (χ1v) is 9.48. The number of anilines is 1. The average molecular weight is 490 g/mol. The number of carbonyl (C=O) groups is 1. The number of halogens is 4. The van der Waals surface area contributed by atoms with Crippen molar-refractivity contribution in [2.24, 2.45) is 0 Å². The Morgan fingerprint density at radius 3 is 2.61 bits per heavy atom. The van der Waals surface area contributed by atoms with Crippen molar-refractivity contribution >= 4 is 33.3 Å². The summed E-state index contributed by atoms with van der Waals surface area (Å²) in [7, 11) is 0. The quantitative estimate of drug-likeness (QED) is 0.466. The maximum Gasteiger partial charge on any atom is 0.433 e. The maximum absolute atomic E-state index is 13.4. The number of amides is 1. The highest BCUT2D eigenvalue weighted by molar-refractivity contribution is 9.10. The number of nitrogens with zero attached hydrogens (tertiary/aromatic N) is 6. The lowest BCUT2D eigenvalue weighted by atomic mass is 10.3. The third kappa shape index (κ3) is 3.64. The number of nitrogens with one attached hydrogen (secondary N) is 1. The SMILES string of the molecule is Cc1cc(C(F)(F)F)n2nc(C(=O)Nc3c(C#N)cnn3-c3ccccc3)c(Br)c2n1. The Labute approximate surface area is 181 Å². The minimum absolute atomic E-state index is 0.0107. The average Bonchev–Trinajstić information content (AvgIpc) is 3.28. The van der Waals surface area contributed by atoms with Crippen LogP contribution in [0, 0.1) is 18.3 Å². The molecule has 3 aromatic heterocycles. The van der Waals surface area contributed by atoms with E-state index in [2.05, 4.69) is 36.4 Å². The third-order valence-corrected chi connectivity index (χ3v) is 5.02. The van der Waals surface area contributed by atoms with E-state index in [1.807, 2.05) is 6.07 Å². The number of fused-ring (bicyclic) bond motifs is 1. The fourth-order valence-electron chi connectivity index (χ4n) is 2.94. The number of carbonyl (C=O) groups excluding carboxylic acids is 1. The van der Waals surface area contributed by atoms with E-state index in [-0.39, 0.29) is 32.9 Å². The van der Waals surface area contributed by atoms with Gasteiger partial charge in [0.1, 0.15) is 17.3 Å². The van der Waals surface area contributed by atoms with Crippen LogP contribution in [-0.2, 0) is 6.18 Å². The molecule has 0 spiro atoms. The van der Waals surface area contributed by atoms with Crippen LogP contribution in [0.5, 0.6) is 0 Å². The van der Waals surface area contributed by atoms with Gasteiger partial charge >= 0.3 is 6.18 Å². The first-order chi connectivity index (χ1) is 14.7. The van der Waals surface area contributed by atoms with E-state index in [9.17, 15) is 23.2 Å². The number of aryl methyl sites for hydroxylation is 1. The standard InChI is InChI=1S/C19H11BrF3N7O/c1-10-7-13(19(21,22)23)30-17(26-10)14(20)15(28-30)18(31)27-16-11(8-24)9-25-29(16)12-5-3-2-4-6-12/h2-7,9H,1H3,(H,27,31). The highest BCUT2D eigenvalue weighted by Crippen LogP contribution is 2.32. The van der Waals surface area contributed by atoms with Crippen molar-refractivity contribution in [3.8, 4) is 11.8 Å². The van der Waals surface area contributed by atoms with Gasteiger partial charge in [-0.2, -0.15) is 28.6 Å². The van der Waals surface area contributed by atoms with Crippen LogP contribution < -0.4 is 5.32 Å². The number of alkyl halides is 3. The topological polar surface area (TPSA) is 101 Å². The zero-order valence-corrected chi connectivity index (χ0v) is 17.2. The van der Waals surface area contributed by atoms with Crippen LogP contribution in [0.3, 0.4) is 0 Å². The zero-order valence-electron chi connectivity index (χ0n) is 15.6. The Hall–Kier alpha value is -3.72. The fourth-order valence-corrected chi connectivity index (χ4v) is 3.46. The van der Waals surface area contributed by atoms with Crippen molar-refractivity contribution in [3.63, 3.8) is 0 Å². The van der Waals surface area contributed by atoms with Crippen molar-refractivity contribution in [1.29, 1.82) is 5.26 Å². The van der Waals surface area contributed by atoms with Crippen molar-refractivity contribution in [1.82, 2.24) is 24.4 Å². The smallest absolute Gasteiger partial charge is 0.304 e. The molecule has 1 aromatic carbocycles. The van der Waals surface area contributed by atoms with Gasteiger partial charge in [0.25, 0.3) is 5.91 Å². The molecule has 0 saturated heterocycles. The summed E-state index contributed by atoms with van der Waals surface area (Å²) in [4.78, 5) is 17.0. The molecular formula is C19H11BrF3N7O. The molecule has 0 unspecified atom stereocenters. The molecule has 0 bridgehead atoms. The molecule has 0 aliphatic heterocycles. The van der Waals surface area contributed by atoms with Crippen LogP contribution in [0.25, 0.3) is 11.3 Å². The Morgan fingerprint density at radius 2 is 1.97 bits per heavy atom. The van der Waals surface area contributed by atoms with Gasteiger partial charge in [-0.3, -0.25) is 4.79 Å². The normalized spacial score (nSPS) is 11.5. The summed E-state index contributed by atoms with van der Waals surface area (Å²) < 4.78 is 42.2. The number of rotatable bonds is 3. The summed E-state index contributed by atoms with van der Waals surface area (Å²) in [6.45, 7) is 1.41. The summed E-state index contributed by atoms with van der Waals surface area (Å²) in [5.41, 5.74) is -0.794. The van der Waals surface area contributed by atoms with E-state index in [1.165, 1.54) is 17.8 Å². The van der Waals surface area contributed by atoms with Crippen LogP contribution in [0.15, 0.2) is 47.1 Å². The highest BCUT2D eigenvalue weighted by Gasteiger charge is 2.36. The van der Waals surface area contributed by atoms with Gasteiger partial charge in [-0.05, 0) is 41.1 Å². The molecule has 0 saturated carbocycles. The number of nitriles is 1. The summed E-state index contributed by atoms with van der Waals surface area (Å²) in [5, 5.41) is 19.8. The van der Waals surface area contributed by atoms with Crippen LogP contribution in [-0.4, -0.2) is 30.3 Å². The summed E-state index contributed by atoms with van der Waals surface area (Å²) in [6, 6.07) is 11.5. The Morgan fingerprint density at radius 1 is 1.26 bits per heavy atom. The number of hydrogen-bond acceptors (Lipinski definition) is 5. The van der Waals surface area contributed by atoms with Crippen molar-refractivity contribution in [2.45, 2.75) is 13.1 Å². The molecule has 0 aliphatic carbocycles. The number of aromatic nitrogens is 5. The van der Waals surface area contributed by atoms with Crippen LogP contribution in [0.1, 0.15) is 27.4 Å². The van der Waals surface area contributed by atoms with Gasteiger partial charge in [-0.15, -0.1) is 0 Å². The third-order valence-electron chi connectivity index (χ3n) is 4.29. The summed E-state index contributed by atoms with van der Waals surface area (Å²) >= 11 is 3.13. The predicted octanol–water partition coefficient (Wildman–Crippen LogP) is 4.13. The van der Waals surface area contributed by atoms with E-state index in [0.717, 1.165) is 6.07 Å². The lowest BCUT2D eigenvalue weighted by Crippen LogP contribution is -2.18. The molecule has 3 heterocycles. The molecule has 0 radical (unpaired) electrons. The molecule has 0 atom stereocenters. The molecule has 156 valence electrons. The van der Waals surface area contributed by atoms with E-state index in [0.29, 0.717) is 10.2 Å². The molecule has 8 nitrogen and oxygen atoms in total. The molecule has 0 aliphatic rings. The molecular weight excluding hydrogens is 479 g/mol. The minimum atomic E-state index is -4.70. The largest absolute Gasteiger partial charge is 0.433 e. The molecule has 1 amide bonds. The van der Waals surface area contributed by atoms with E-state index >= 15 is 0 Å². The molecule has 1 N–H and O–H groups in total. The fraction of sp³-hybridized carbons (Fsp3) is 0.105. The zero-order chi connectivity index (χ0) is 22.3. The van der Waals surface area contributed by atoms with Crippen molar-refractivity contribution < 1.29 is 18.0 Å². The number of hydrogen-bond donors (Lipinski definition) is 1. The van der Waals surface area contributed by atoms with Gasteiger partial charge in [0.15, 0.2) is 17.2 Å². The first-order valence-electron chi connectivity index (χ1n) is 8.68. The summed E-state index contributed by atoms with van der Waals surface area (Å²) in [5.74, 6) is -0.778. The van der Waals surface area contributed by atoms with Crippen molar-refractivity contribution in [3.05, 3.63) is 69.7 Å². The van der Waals surface area contributed by atoms with Crippen molar-refractivity contribution in [2.75, 3.05) is 5.32 Å². The first kappa shape index (κ1) is 20.5. The Balaban J connectivity index is 1.80. The van der Waals surface area contributed by atoms with Gasteiger partial charge in [0.2, 0.25) is 0 Å². The van der Waals surface area contributed by atoms with E-state index in [1.54, 1.807) is 30.3 Å². The number of para-hydroxylation sites is 1. The lowest BCUT2D eigenvalue weighted by Gasteiger charge is -2.09. The van der Waals surface area contributed by atoms with Gasteiger partial charge in [0.05, 0.1) is 16.4 Å². The predicted molar refractivity (Wildman–Crippen MR) is 107 cm³/mol. The van der Waals surface area contributed by atoms with Gasteiger partial charge in [-0.1, -0.05) is 18.2 Å². The van der Waals surface area contributed by atoms with E-state index in [4.69, 9.17) is 0 Å². The highest BCUT2D eigenvalue weighted by atomic mass is 79.9. The second-order valence-corrected chi connectivity index (χ2v) is 7.19. The molecule has 12 heteroatoms. The summed E-state index contributed by atoms with van der Waals surface area (Å²) in [6.07, 6.45) is -3.43. The molecule has 4 aromatic rings. The van der Waals surface area contributed by atoms with Crippen LogP contribution in [0.4, 0.5) is 19.0 Å². The lowest BCUT2D eigenvalue weighted by molar-refractivity contribution is -0.142. The molecule has 4 rings (SSSR count). The molecule has 31 heavy (non-hydrogen) atoms. The monoisotopic (exact) mass is 489 g/mol. The van der Waals surface area contributed by atoms with Crippen LogP contribution >= 0.6 is 15.9 Å². The van der Waals surface area contributed by atoms with Gasteiger partial charge in [-0.25, -0.2) is 14.2 Å². The Kier molecular flexibility index (Phi) is 4.98. The van der Waals surface area contributed by atoms with E-state index < -0.39 is 17.8 Å². The maximum atomic E-state index is 13.4. The molecule has 0 fully saturated rings.